The molecular formula is C18H28N2O. The average Bonchev–Trinajstić information content (AvgIpc) is 2.44. The number of hydrogen-bond acceptors (Lipinski definition) is 2. The topological polar surface area (TPSA) is 46.3 Å². The van der Waals surface area contributed by atoms with Gasteiger partial charge in [-0.25, -0.2) is 0 Å². The zero-order chi connectivity index (χ0) is 15.5. The summed E-state index contributed by atoms with van der Waals surface area (Å²) in [4.78, 5) is 15.0. The molecule has 2 rings (SSSR count). The molecule has 0 aromatic heterocycles. The number of carbonyl (C=O) groups excluding carboxylic acids is 1. The first kappa shape index (κ1) is 16.0. The summed E-state index contributed by atoms with van der Waals surface area (Å²) in [5, 5.41) is 0. The van der Waals surface area contributed by atoms with Crippen molar-refractivity contribution in [3.8, 4) is 0 Å². The molecular weight excluding hydrogens is 260 g/mol. The molecule has 0 radical (unpaired) electrons. The van der Waals surface area contributed by atoms with Gasteiger partial charge in [0.25, 0.3) is 0 Å². The number of hydrogen-bond donors (Lipinski definition) is 1. The molecule has 2 unspecified atom stereocenters. The van der Waals surface area contributed by atoms with Crippen LogP contribution in [-0.2, 0) is 11.3 Å². The Morgan fingerprint density at radius 1 is 1.38 bits per heavy atom. The Balaban J connectivity index is 2.15. The highest BCUT2D eigenvalue weighted by molar-refractivity contribution is 5.86. The minimum absolute atomic E-state index is 0.118. The van der Waals surface area contributed by atoms with Gasteiger partial charge < -0.3 is 10.6 Å². The molecule has 1 fully saturated rings. The number of carbonyl (C=O) groups is 1. The quantitative estimate of drug-likeness (QED) is 0.923. The van der Waals surface area contributed by atoms with Crippen LogP contribution in [0.3, 0.4) is 0 Å². The van der Waals surface area contributed by atoms with Crippen LogP contribution in [0, 0.1) is 5.92 Å². The van der Waals surface area contributed by atoms with E-state index in [9.17, 15) is 4.79 Å². The van der Waals surface area contributed by atoms with E-state index in [-0.39, 0.29) is 11.9 Å². The maximum Gasteiger partial charge on any atom is 0.243 e. The third-order valence-corrected chi connectivity index (χ3v) is 4.54. The van der Waals surface area contributed by atoms with E-state index < -0.39 is 5.54 Å². The summed E-state index contributed by atoms with van der Waals surface area (Å²) >= 11 is 0. The van der Waals surface area contributed by atoms with Gasteiger partial charge in [-0.05, 0) is 38.2 Å². The second kappa shape index (κ2) is 6.61. The molecule has 1 amide bonds. The van der Waals surface area contributed by atoms with E-state index >= 15 is 0 Å². The summed E-state index contributed by atoms with van der Waals surface area (Å²) < 4.78 is 0. The third kappa shape index (κ3) is 3.85. The molecule has 21 heavy (non-hydrogen) atoms. The number of nitrogens with two attached hydrogens (primary N) is 1. The standard InChI is InChI=1S/C18H28N2O/c1-14(2)20(13-16-9-5-4-6-10-16)17(21)18(19)11-7-8-15(3)12-18/h4-6,9-10,14-15H,7-8,11-13,19H2,1-3H3. The molecule has 0 heterocycles. The normalized spacial score (nSPS) is 25.9. The van der Waals surface area contributed by atoms with Crippen LogP contribution in [0.2, 0.25) is 0 Å². The first-order valence-corrected chi connectivity index (χ1v) is 8.06. The molecule has 1 saturated carbocycles. The minimum Gasteiger partial charge on any atom is -0.334 e. The monoisotopic (exact) mass is 288 g/mol. The van der Waals surface area contributed by atoms with Gasteiger partial charge in [0.1, 0.15) is 0 Å². The average molecular weight is 288 g/mol. The van der Waals surface area contributed by atoms with Crippen molar-refractivity contribution in [3.05, 3.63) is 35.9 Å². The van der Waals surface area contributed by atoms with Crippen LogP contribution in [0.1, 0.15) is 52.0 Å². The summed E-state index contributed by atoms with van der Waals surface area (Å²) in [5.74, 6) is 0.659. The molecule has 1 aliphatic rings. The predicted octanol–water partition coefficient (Wildman–Crippen LogP) is 3.33. The molecule has 3 nitrogen and oxygen atoms in total. The maximum absolute atomic E-state index is 13.0. The lowest BCUT2D eigenvalue weighted by atomic mass is 9.76. The van der Waals surface area contributed by atoms with Crippen molar-refractivity contribution in [1.29, 1.82) is 0 Å². The Bertz CT molecular complexity index is 471. The largest absolute Gasteiger partial charge is 0.334 e. The molecule has 1 aromatic carbocycles. The molecule has 0 aliphatic heterocycles. The van der Waals surface area contributed by atoms with Crippen LogP contribution in [0.5, 0.6) is 0 Å². The molecule has 2 atom stereocenters. The zero-order valence-corrected chi connectivity index (χ0v) is 13.5. The van der Waals surface area contributed by atoms with E-state index in [0.29, 0.717) is 12.5 Å². The van der Waals surface area contributed by atoms with Crippen LogP contribution in [-0.4, -0.2) is 22.4 Å². The van der Waals surface area contributed by atoms with Crippen molar-refractivity contribution < 1.29 is 4.79 Å². The van der Waals surface area contributed by atoms with Crippen molar-refractivity contribution in [2.45, 2.75) is 64.6 Å². The van der Waals surface area contributed by atoms with Crippen LogP contribution in [0.15, 0.2) is 30.3 Å². The lowest BCUT2D eigenvalue weighted by molar-refractivity contribution is -0.141. The highest BCUT2D eigenvalue weighted by Gasteiger charge is 2.41. The third-order valence-electron chi connectivity index (χ3n) is 4.54. The highest BCUT2D eigenvalue weighted by Crippen LogP contribution is 2.32. The Morgan fingerprint density at radius 3 is 2.62 bits per heavy atom. The first-order chi connectivity index (χ1) is 9.92. The van der Waals surface area contributed by atoms with E-state index in [0.717, 1.165) is 24.8 Å². The second-order valence-corrected chi connectivity index (χ2v) is 6.87. The van der Waals surface area contributed by atoms with Crippen molar-refractivity contribution in [1.82, 2.24) is 4.90 Å². The fourth-order valence-electron chi connectivity index (χ4n) is 3.34. The molecule has 0 spiro atoms. The van der Waals surface area contributed by atoms with Gasteiger partial charge in [-0.1, -0.05) is 50.1 Å². The maximum atomic E-state index is 13.0. The Labute approximate surface area is 128 Å². The van der Waals surface area contributed by atoms with Crippen LogP contribution >= 0.6 is 0 Å². The second-order valence-electron chi connectivity index (χ2n) is 6.87. The summed E-state index contributed by atoms with van der Waals surface area (Å²) in [6.07, 6.45) is 3.87. The predicted molar refractivity (Wildman–Crippen MR) is 86.7 cm³/mol. The molecule has 1 aromatic rings. The first-order valence-electron chi connectivity index (χ1n) is 8.06. The SMILES string of the molecule is CC1CCCC(N)(C(=O)N(Cc2ccccc2)C(C)C)C1. The van der Waals surface area contributed by atoms with Gasteiger partial charge in [0.05, 0.1) is 5.54 Å². The van der Waals surface area contributed by atoms with Crippen LogP contribution in [0.25, 0.3) is 0 Å². The number of rotatable bonds is 4. The van der Waals surface area contributed by atoms with E-state index in [4.69, 9.17) is 5.73 Å². The Morgan fingerprint density at radius 2 is 2.05 bits per heavy atom. The van der Waals surface area contributed by atoms with E-state index in [1.165, 1.54) is 6.42 Å². The van der Waals surface area contributed by atoms with Gasteiger partial charge in [-0.2, -0.15) is 0 Å². The fraction of sp³-hybridized carbons (Fsp3) is 0.611. The van der Waals surface area contributed by atoms with Crippen molar-refractivity contribution in [2.24, 2.45) is 11.7 Å². The minimum atomic E-state index is -0.670. The number of benzene rings is 1. The van der Waals surface area contributed by atoms with E-state index in [1.807, 2.05) is 23.1 Å². The molecule has 0 saturated heterocycles. The lowest BCUT2D eigenvalue weighted by Gasteiger charge is -2.40. The molecule has 0 bridgehead atoms. The van der Waals surface area contributed by atoms with Gasteiger partial charge >= 0.3 is 0 Å². The van der Waals surface area contributed by atoms with Crippen molar-refractivity contribution in [3.63, 3.8) is 0 Å². The van der Waals surface area contributed by atoms with Crippen molar-refractivity contribution >= 4 is 5.91 Å². The van der Waals surface area contributed by atoms with E-state index in [1.54, 1.807) is 0 Å². The smallest absolute Gasteiger partial charge is 0.243 e. The van der Waals surface area contributed by atoms with Crippen LogP contribution in [0.4, 0.5) is 0 Å². The number of amides is 1. The summed E-state index contributed by atoms with van der Waals surface area (Å²) in [7, 11) is 0. The van der Waals surface area contributed by atoms with Gasteiger partial charge in [0.2, 0.25) is 5.91 Å². The molecule has 2 N–H and O–H groups in total. The summed E-state index contributed by atoms with van der Waals surface area (Å²) in [6.45, 7) is 6.97. The zero-order valence-electron chi connectivity index (χ0n) is 13.5. The summed E-state index contributed by atoms with van der Waals surface area (Å²) in [5.41, 5.74) is 6.98. The van der Waals surface area contributed by atoms with Crippen LogP contribution < -0.4 is 5.73 Å². The van der Waals surface area contributed by atoms with E-state index in [2.05, 4.69) is 32.9 Å². The Hall–Kier alpha value is -1.35. The Kier molecular flexibility index (Phi) is 5.04. The van der Waals surface area contributed by atoms with Gasteiger partial charge in [-0.15, -0.1) is 0 Å². The van der Waals surface area contributed by atoms with Gasteiger partial charge in [0.15, 0.2) is 0 Å². The molecule has 116 valence electrons. The molecule has 1 aliphatic carbocycles. The van der Waals surface area contributed by atoms with Crippen molar-refractivity contribution in [2.75, 3.05) is 0 Å². The van der Waals surface area contributed by atoms with Gasteiger partial charge in [0, 0.05) is 12.6 Å². The highest BCUT2D eigenvalue weighted by atomic mass is 16.2. The van der Waals surface area contributed by atoms with Gasteiger partial charge in [-0.3, -0.25) is 4.79 Å². The molecule has 3 heteroatoms. The number of nitrogens with zero attached hydrogens (tertiary/aromatic N) is 1. The lowest BCUT2D eigenvalue weighted by Crippen LogP contribution is -2.58. The summed E-state index contributed by atoms with van der Waals surface area (Å²) in [6, 6.07) is 10.3. The fourth-order valence-corrected chi connectivity index (χ4v) is 3.34.